The van der Waals surface area contributed by atoms with Crippen molar-refractivity contribution in [3.05, 3.63) is 40.7 Å². The Kier molecular flexibility index (Phi) is 4.43. The number of hydrogen-bond donors (Lipinski definition) is 1. The highest BCUT2D eigenvalue weighted by Gasteiger charge is 2.31. The summed E-state index contributed by atoms with van der Waals surface area (Å²) in [6.07, 6.45) is 2.67. The van der Waals surface area contributed by atoms with Crippen LogP contribution in [0, 0.1) is 5.92 Å². The van der Waals surface area contributed by atoms with Crippen molar-refractivity contribution in [2.24, 2.45) is 11.7 Å². The molecule has 2 aromatic rings. The third kappa shape index (κ3) is 3.12. The number of para-hydroxylation sites is 1. The fourth-order valence-electron chi connectivity index (χ4n) is 3.34. The fourth-order valence-corrected chi connectivity index (χ4v) is 3.34. The second kappa shape index (κ2) is 6.50. The summed E-state index contributed by atoms with van der Waals surface area (Å²) < 4.78 is 1.73. The highest BCUT2D eigenvalue weighted by Crippen LogP contribution is 2.23. The number of aryl methyl sites for hydroxylation is 1. The summed E-state index contributed by atoms with van der Waals surface area (Å²) in [5.74, 6) is 0.526. The number of hydrogen-bond acceptors (Lipinski definition) is 4. The topological polar surface area (TPSA) is 81.2 Å². The van der Waals surface area contributed by atoms with Crippen LogP contribution in [0.2, 0.25) is 0 Å². The molecule has 0 bridgehead atoms. The summed E-state index contributed by atoms with van der Waals surface area (Å²) in [6.45, 7) is 3.91. The third-order valence-corrected chi connectivity index (χ3v) is 4.61. The second-order valence-corrected chi connectivity index (χ2v) is 6.23. The quantitative estimate of drug-likeness (QED) is 0.912. The summed E-state index contributed by atoms with van der Waals surface area (Å²) in [6, 6.07) is 7.59. The molecule has 1 aliphatic rings. The van der Waals surface area contributed by atoms with Crippen molar-refractivity contribution in [3.8, 4) is 0 Å². The molecule has 6 nitrogen and oxygen atoms in total. The first-order chi connectivity index (χ1) is 11.1. The van der Waals surface area contributed by atoms with Crippen molar-refractivity contribution in [3.63, 3.8) is 0 Å². The van der Waals surface area contributed by atoms with E-state index in [-0.39, 0.29) is 17.4 Å². The Morgan fingerprint density at radius 2 is 2.17 bits per heavy atom. The van der Waals surface area contributed by atoms with Gasteiger partial charge in [0.25, 0.3) is 0 Å². The lowest BCUT2D eigenvalue weighted by Gasteiger charge is -2.21. The highest BCUT2D eigenvalue weighted by atomic mass is 16.2. The summed E-state index contributed by atoms with van der Waals surface area (Å²) >= 11 is 0. The van der Waals surface area contributed by atoms with E-state index in [1.165, 1.54) is 6.20 Å². The van der Waals surface area contributed by atoms with Crippen LogP contribution in [-0.4, -0.2) is 39.7 Å². The maximum Gasteiger partial charge on any atom is 0.224 e. The largest absolute Gasteiger partial charge is 0.340 e. The number of fused-ring (bicyclic) bond motifs is 1. The van der Waals surface area contributed by atoms with E-state index in [2.05, 4.69) is 12.0 Å². The fraction of sp³-hybridized carbons (Fsp3) is 0.471. The molecule has 1 aliphatic heterocycles. The van der Waals surface area contributed by atoms with Gasteiger partial charge in [0.2, 0.25) is 11.3 Å². The lowest BCUT2D eigenvalue weighted by Crippen LogP contribution is -2.35. The molecule has 2 heterocycles. The van der Waals surface area contributed by atoms with Gasteiger partial charge in [-0.05, 0) is 37.9 Å². The van der Waals surface area contributed by atoms with Crippen LogP contribution in [0.4, 0.5) is 0 Å². The molecule has 1 amide bonds. The summed E-state index contributed by atoms with van der Waals surface area (Å²) in [4.78, 5) is 26.2. The number of rotatable bonds is 4. The average Bonchev–Trinajstić information content (AvgIpc) is 2.95. The maximum absolute atomic E-state index is 12.5. The van der Waals surface area contributed by atoms with Crippen molar-refractivity contribution in [1.82, 2.24) is 14.7 Å². The molecular weight excluding hydrogens is 292 g/mol. The van der Waals surface area contributed by atoms with Crippen molar-refractivity contribution in [2.45, 2.75) is 32.4 Å². The Morgan fingerprint density at radius 1 is 1.39 bits per heavy atom. The molecule has 1 saturated heterocycles. The van der Waals surface area contributed by atoms with Gasteiger partial charge in [-0.3, -0.25) is 14.3 Å². The van der Waals surface area contributed by atoms with Crippen molar-refractivity contribution >= 4 is 16.8 Å². The monoisotopic (exact) mass is 314 g/mol. The van der Waals surface area contributed by atoms with Gasteiger partial charge >= 0.3 is 0 Å². The number of carbonyl (C=O) groups excluding carboxylic acids is 1. The molecule has 1 fully saturated rings. The lowest BCUT2D eigenvalue weighted by molar-refractivity contribution is -0.132. The van der Waals surface area contributed by atoms with E-state index in [0.717, 1.165) is 18.5 Å². The van der Waals surface area contributed by atoms with Crippen LogP contribution in [0.25, 0.3) is 10.9 Å². The maximum atomic E-state index is 12.5. The Balaban J connectivity index is 1.73. The molecule has 0 radical (unpaired) electrons. The highest BCUT2D eigenvalue weighted by molar-refractivity contribution is 5.79. The van der Waals surface area contributed by atoms with Gasteiger partial charge in [0.05, 0.1) is 18.3 Å². The third-order valence-electron chi connectivity index (χ3n) is 4.61. The number of nitrogens with two attached hydrogens (primary N) is 1. The number of aromatic nitrogens is 2. The van der Waals surface area contributed by atoms with Gasteiger partial charge in [0.15, 0.2) is 0 Å². The van der Waals surface area contributed by atoms with Crippen LogP contribution in [0.15, 0.2) is 35.3 Å². The second-order valence-electron chi connectivity index (χ2n) is 6.23. The van der Waals surface area contributed by atoms with Crippen LogP contribution < -0.4 is 11.2 Å². The number of nitrogens with zero attached hydrogens (tertiary/aromatic N) is 3. The normalized spacial score (nSPS) is 21.0. The van der Waals surface area contributed by atoms with Gasteiger partial charge < -0.3 is 10.6 Å². The number of carbonyl (C=O) groups is 1. The van der Waals surface area contributed by atoms with Gasteiger partial charge in [-0.2, -0.15) is 5.10 Å². The van der Waals surface area contributed by atoms with Crippen LogP contribution >= 0.6 is 0 Å². The molecule has 6 heteroatoms. The van der Waals surface area contributed by atoms with E-state index in [1.54, 1.807) is 10.7 Å². The van der Waals surface area contributed by atoms with E-state index in [1.807, 2.05) is 23.1 Å². The van der Waals surface area contributed by atoms with E-state index in [0.29, 0.717) is 30.8 Å². The Bertz CT molecular complexity index is 771. The Labute approximate surface area is 134 Å². The number of likely N-dealkylation sites (tertiary alicyclic amines) is 1. The first kappa shape index (κ1) is 15.7. The number of benzene rings is 1. The molecule has 1 aromatic carbocycles. The number of amides is 1. The van der Waals surface area contributed by atoms with Crippen molar-refractivity contribution in [2.75, 3.05) is 13.1 Å². The SMILES string of the molecule is CC1CC(CN)CN1C(=O)CCn1ncc(=O)c2ccccc21. The zero-order chi connectivity index (χ0) is 16.4. The van der Waals surface area contributed by atoms with E-state index in [4.69, 9.17) is 5.73 Å². The van der Waals surface area contributed by atoms with E-state index in [9.17, 15) is 9.59 Å². The minimum Gasteiger partial charge on any atom is -0.340 e. The van der Waals surface area contributed by atoms with Gasteiger partial charge in [-0.1, -0.05) is 12.1 Å². The van der Waals surface area contributed by atoms with E-state index >= 15 is 0 Å². The van der Waals surface area contributed by atoms with Crippen LogP contribution in [0.5, 0.6) is 0 Å². The molecule has 23 heavy (non-hydrogen) atoms. The average molecular weight is 314 g/mol. The van der Waals surface area contributed by atoms with Crippen molar-refractivity contribution in [1.29, 1.82) is 0 Å². The first-order valence-corrected chi connectivity index (χ1v) is 8.04. The summed E-state index contributed by atoms with van der Waals surface area (Å²) in [5, 5.41) is 4.80. The minimum atomic E-state index is -0.0953. The Hall–Kier alpha value is -2.21. The predicted molar refractivity (Wildman–Crippen MR) is 89.0 cm³/mol. The van der Waals surface area contributed by atoms with E-state index < -0.39 is 0 Å². The van der Waals surface area contributed by atoms with Crippen molar-refractivity contribution < 1.29 is 4.79 Å². The van der Waals surface area contributed by atoms with Crippen LogP contribution in [-0.2, 0) is 11.3 Å². The van der Waals surface area contributed by atoms with Gasteiger partial charge in [-0.25, -0.2) is 0 Å². The Morgan fingerprint density at radius 3 is 2.91 bits per heavy atom. The molecule has 0 aliphatic carbocycles. The van der Waals surface area contributed by atoms with Gasteiger partial charge in [-0.15, -0.1) is 0 Å². The minimum absolute atomic E-state index is 0.0953. The molecule has 1 aromatic heterocycles. The molecule has 3 rings (SSSR count). The standard InChI is InChI=1S/C17H22N4O2/c1-12-8-13(9-18)11-20(12)17(23)6-7-21-15-5-3-2-4-14(15)16(22)10-19-21/h2-5,10,12-13H,6-9,11,18H2,1H3. The van der Waals surface area contributed by atoms with Gasteiger partial charge in [0.1, 0.15) is 0 Å². The zero-order valence-electron chi connectivity index (χ0n) is 13.3. The van der Waals surface area contributed by atoms with Crippen LogP contribution in [0.3, 0.4) is 0 Å². The lowest BCUT2D eigenvalue weighted by atomic mass is 10.1. The summed E-state index contributed by atoms with van der Waals surface area (Å²) in [5.41, 5.74) is 6.39. The molecule has 2 atom stereocenters. The van der Waals surface area contributed by atoms with Gasteiger partial charge in [0, 0.05) is 24.4 Å². The molecule has 2 unspecified atom stereocenters. The predicted octanol–water partition coefficient (Wildman–Crippen LogP) is 0.982. The summed E-state index contributed by atoms with van der Waals surface area (Å²) in [7, 11) is 0. The zero-order valence-corrected chi connectivity index (χ0v) is 13.3. The smallest absolute Gasteiger partial charge is 0.224 e. The van der Waals surface area contributed by atoms with Crippen LogP contribution in [0.1, 0.15) is 19.8 Å². The first-order valence-electron chi connectivity index (χ1n) is 8.04. The molecule has 0 spiro atoms. The molecule has 2 N–H and O–H groups in total. The molecular formula is C17H22N4O2. The molecule has 122 valence electrons. The molecule has 0 saturated carbocycles.